The van der Waals surface area contributed by atoms with E-state index in [0.717, 1.165) is 37.8 Å². The molecule has 0 spiro atoms. The van der Waals surface area contributed by atoms with Gasteiger partial charge in [0.1, 0.15) is 6.54 Å². The zero-order valence-corrected chi connectivity index (χ0v) is 22.5. The van der Waals surface area contributed by atoms with Crippen LogP contribution < -0.4 is 14.8 Å². The standard InChI is InChI=1S/C25H27IN2O5S/c1-5-9-33-23-18(26)11-17(12-20(23)32-6-2)13-21-24(30)28(25(31)34-21)14-22(29)27-19-10-15(3)7-8-16(19)4/h7-8,10-13H,5-6,9,14H2,1-4H3,(H,27,29)/b21-13-. The number of amides is 3. The van der Waals surface area contributed by atoms with Crippen LogP contribution in [0.5, 0.6) is 11.5 Å². The summed E-state index contributed by atoms with van der Waals surface area (Å²) in [6.07, 6.45) is 2.51. The molecule has 180 valence electrons. The summed E-state index contributed by atoms with van der Waals surface area (Å²) in [5.74, 6) is 0.326. The van der Waals surface area contributed by atoms with Crippen molar-refractivity contribution in [1.82, 2.24) is 4.90 Å². The van der Waals surface area contributed by atoms with Crippen LogP contribution in [0.15, 0.2) is 35.2 Å². The number of imide groups is 1. The Morgan fingerprint density at radius 3 is 2.62 bits per heavy atom. The number of ether oxygens (including phenoxy) is 2. The minimum atomic E-state index is -0.495. The Morgan fingerprint density at radius 2 is 1.91 bits per heavy atom. The average molecular weight is 594 g/mol. The number of thioether (sulfide) groups is 1. The van der Waals surface area contributed by atoms with Crippen LogP contribution in [-0.4, -0.2) is 41.7 Å². The molecule has 1 fully saturated rings. The number of aryl methyl sites for hydroxylation is 2. The molecule has 9 heteroatoms. The van der Waals surface area contributed by atoms with E-state index in [1.54, 1.807) is 12.1 Å². The van der Waals surface area contributed by atoms with Crippen molar-refractivity contribution in [2.45, 2.75) is 34.1 Å². The number of benzene rings is 2. The Balaban J connectivity index is 1.77. The summed E-state index contributed by atoms with van der Waals surface area (Å²) in [7, 11) is 0. The second-order valence-electron chi connectivity index (χ2n) is 7.75. The zero-order valence-electron chi connectivity index (χ0n) is 19.6. The smallest absolute Gasteiger partial charge is 0.294 e. The molecule has 1 aliphatic heterocycles. The van der Waals surface area contributed by atoms with Crippen LogP contribution in [-0.2, 0) is 9.59 Å². The molecule has 3 amide bonds. The number of hydrogen-bond donors (Lipinski definition) is 1. The SMILES string of the molecule is CCCOc1c(I)cc(/C=C2\SC(=O)N(CC(=O)Nc3cc(C)ccc3C)C2=O)cc1OCC. The molecule has 0 atom stereocenters. The fourth-order valence-corrected chi connectivity index (χ4v) is 4.89. The third-order valence-corrected chi connectivity index (χ3v) is 6.63. The van der Waals surface area contributed by atoms with Gasteiger partial charge in [0.05, 0.1) is 21.7 Å². The summed E-state index contributed by atoms with van der Waals surface area (Å²) in [5.41, 5.74) is 3.28. The first-order valence-corrected chi connectivity index (χ1v) is 12.8. The van der Waals surface area contributed by atoms with Crippen molar-refractivity contribution < 1.29 is 23.9 Å². The highest BCUT2D eigenvalue weighted by Crippen LogP contribution is 2.37. The van der Waals surface area contributed by atoms with Gasteiger partial charge in [-0.15, -0.1) is 0 Å². The molecule has 0 saturated carbocycles. The highest BCUT2D eigenvalue weighted by Gasteiger charge is 2.36. The van der Waals surface area contributed by atoms with E-state index in [1.807, 2.05) is 52.0 Å². The Kier molecular flexibility index (Phi) is 9.01. The van der Waals surface area contributed by atoms with Crippen LogP contribution in [0.2, 0.25) is 0 Å². The van der Waals surface area contributed by atoms with Crippen LogP contribution in [0.1, 0.15) is 37.0 Å². The molecule has 1 aliphatic rings. The van der Waals surface area contributed by atoms with Crippen molar-refractivity contribution in [2.24, 2.45) is 0 Å². The van der Waals surface area contributed by atoms with Crippen molar-refractivity contribution in [3.8, 4) is 11.5 Å². The van der Waals surface area contributed by atoms with Crippen molar-refractivity contribution in [2.75, 3.05) is 25.1 Å². The van der Waals surface area contributed by atoms with E-state index >= 15 is 0 Å². The van der Waals surface area contributed by atoms with Gasteiger partial charge in [-0.05, 0) is 103 Å². The molecule has 1 heterocycles. The van der Waals surface area contributed by atoms with E-state index in [4.69, 9.17) is 9.47 Å². The minimum Gasteiger partial charge on any atom is -0.490 e. The van der Waals surface area contributed by atoms with Crippen LogP contribution in [0.3, 0.4) is 0 Å². The molecule has 0 aliphatic carbocycles. The topological polar surface area (TPSA) is 84.9 Å². The molecule has 7 nitrogen and oxygen atoms in total. The highest BCUT2D eigenvalue weighted by atomic mass is 127. The van der Waals surface area contributed by atoms with Crippen LogP contribution in [0.4, 0.5) is 10.5 Å². The van der Waals surface area contributed by atoms with Gasteiger partial charge in [0.25, 0.3) is 11.1 Å². The third kappa shape index (κ3) is 6.32. The Bertz CT molecular complexity index is 1150. The zero-order chi connectivity index (χ0) is 24.8. The lowest BCUT2D eigenvalue weighted by Gasteiger charge is -2.15. The van der Waals surface area contributed by atoms with Gasteiger partial charge in [-0.3, -0.25) is 19.3 Å². The lowest BCUT2D eigenvalue weighted by molar-refractivity contribution is -0.127. The van der Waals surface area contributed by atoms with Crippen molar-refractivity contribution in [3.63, 3.8) is 0 Å². The van der Waals surface area contributed by atoms with Gasteiger partial charge in [0, 0.05) is 5.69 Å². The number of anilines is 1. The summed E-state index contributed by atoms with van der Waals surface area (Å²) in [5, 5.41) is 2.31. The number of nitrogens with zero attached hydrogens (tertiary/aromatic N) is 1. The van der Waals surface area contributed by atoms with E-state index in [2.05, 4.69) is 27.9 Å². The minimum absolute atomic E-state index is 0.255. The first kappa shape index (κ1) is 26.1. The maximum absolute atomic E-state index is 12.9. The van der Waals surface area contributed by atoms with Crippen molar-refractivity contribution >= 4 is 63.2 Å². The van der Waals surface area contributed by atoms with Gasteiger partial charge in [-0.25, -0.2) is 0 Å². The number of nitrogens with one attached hydrogen (secondary N) is 1. The maximum Gasteiger partial charge on any atom is 0.294 e. The van der Waals surface area contributed by atoms with Gasteiger partial charge in [0.2, 0.25) is 5.91 Å². The molecule has 0 aromatic heterocycles. The number of halogens is 1. The number of hydrogen-bond acceptors (Lipinski definition) is 6. The first-order chi connectivity index (χ1) is 16.2. The Morgan fingerprint density at radius 1 is 1.15 bits per heavy atom. The van der Waals surface area contributed by atoms with Gasteiger partial charge in [0.15, 0.2) is 11.5 Å². The summed E-state index contributed by atoms with van der Waals surface area (Å²) < 4.78 is 12.4. The van der Waals surface area contributed by atoms with Gasteiger partial charge < -0.3 is 14.8 Å². The average Bonchev–Trinajstić information content (AvgIpc) is 3.03. The van der Waals surface area contributed by atoms with Crippen LogP contribution in [0.25, 0.3) is 6.08 Å². The van der Waals surface area contributed by atoms with Gasteiger partial charge in [-0.2, -0.15) is 0 Å². The molecule has 3 rings (SSSR count). The fourth-order valence-electron chi connectivity index (χ4n) is 3.27. The summed E-state index contributed by atoms with van der Waals surface area (Å²) in [6.45, 7) is 8.41. The van der Waals surface area contributed by atoms with E-state index in [1.165, 1.54) is 0 Å². The Labute approximate surface area is 217 Å². The largest absolute Gasteiger partial charge is 0.490 e. The first-order valence-electron chi connectivity index (χ1n) is 10.9. The quantitative estimate of drug-likeness (QED) is 0.293. The molecular formula is C25H27IN2O5S. The molecule has 1 saturated heterocycles. The third-order valence-electron chi connectivity index (χ3n) is 4.92. The second kappa shape index (κ2) is 11.7. The summed E-state index contributed by atoms with van der Waals surface area (Å²) >= 11 is 2.98. The molecular weight excluding hydrogens is 567 g/mol. The summed E-state index contributed by atoms with van der Waals surface area (Å²) in [4.78, 5) is 39.2. The monoisotopic (exact) mass is 594 g/mol. The van der Waals surface area contributed by atoms with Crippen molar-refractivity contribution in [3.05, 3.63) is 55.5 Å². The number of carbonyl (C=O) groups excluding carboxylic acids is 3. The number of carbonyl (C=O) groups is 3. The van der Waals surface area contributed by atoms with Crippen LogP contribution in [0, 0.1) is 17.4 Å². The van der Waals surface area contributed by atoms with E-state index in [9.17, 15) is 14.4 Å². The molecule has 2 aromatic carbocycles. The lowest BCUT2D eigenvalue weighted by atomic mass is 10.1. The summed E-state index contributed by atoms with van der Waals surface area (Å²) in [6, 6.07) is 9.37. The predicted molar refractivity (Wildman–Crippen MR) is 143 cm³/mol. The van der Waals surface area contributed by atoms with Crippen LogP contribution >= 0.6 is 34.4 Å². The van der Waals surface area contributed by atoms with E-state index in [-0.39, 0.29) is 11.4 Å². The van der Waals surface area contributed by atoms with E-state index in [0.29, 0.717) is 36.0 Å². The molecule has 1 N–H and O–H groups in total. The lowest BCUT2D eigenvalue weighted by Crippen LogP contribution is -2.36. The van der Waals surface area contributed by atoms with E-state index < -0.39 is 17.1 Å². The fraction of sp³-hybridized carbons (Fsp3) is 0.320. The second-order valence-corrected chi connectivity index (χ2v) is 9.90. The molecule has 34 heavy (non-hydrogen) atoms. The molecule has 0 bridgehead atoms. The normalized spacial score (nSPS) is 14.6. The van der Waals surface area contributed by atoms with Crippen molar-refractivity contribution in [1.29, 1.82) is 0 Å². The highest BCUT2D eigenvalue weighted by molar-refractivity contribution is 14.1. The van der Waals surface area contributed by atoms with Gasteiger partial charge >= 0.3 is 0 Å². The Hall–Kier alpha value is -2.53. The number of rotatable bonds is 9. The molecule has 0 unspecified atom stereocenters. The molecule has 0 radical (unpaired) electrons. The van der Waals surface area contributed by atoms with Gasteiger partial charge in [-0.1, -0.05) is 19.1 Å². The maximum atomic E-state index is 12.9. The predicted octanol–water partition coefficient (Wildman–Crippen LogP) is 5.77. The molecule has 2 aromatic rings.